The maximum absolute atomic E-state index is 13.0. The topological polar surface area (TPSA) is 63.9 Å². The number of amides is 1. The molecule has 1 aliphatic rings. The standard InChI is InChI=1S/C17H21N5O/c1-14-18-19-20-22(14)16(13-15-9-5-4-6-10-15)17(23)21-11-7-2-3-8-12-21/h4-6,9-10,13H,2-3,7-8,11-12H2,1H3. The monoisotopic (exact) mass is 311 g/mol. The molecular formula is C17H21N5O. The molecule has 1 fully saturated rings. The number of rotatable bonds is 3. The molecule has 1 aromatic carbocycles. The van der Waals surface area contributed by atoms with E-state index in [0.717, 1.165) is 31.5 Å². The maximum atomic E-state index is 13.0. The highest BCUT2D eigenvalue weighted by Crippen LogP contribution is 2.18. The van der Waals surface area contributed by atoms with E-state index >= 15 is 0 Å². The summed E-state index contributed by atoms with van der Waals surface area (Å²) in [6.45, 7) is 3.40. The van der Waals surface area contributed by atoms with Crippen LogP contribution in [-0.2, 0) is 4.79 Å². The Morgan fingerprint density at radius 2 is 1.78 bits per heavy atom. The summed E-state index contributed by atoms with van der Waals surface area (Å²) in [6.07, 6.45) is 6.34. The Morgan fingerprint density at radius 3 is 2.39 bits per heavy atom. The summed E-state index contributed by atoms with van der Waals surface area (Å²) < 4.78 is 1.53. The predicted molar refractivity (Wildman–Crippen MR) is 88.2 cm³/mol. The second-order valence-electron chi connectivity index (χ2n) is 5.78. The Balaban J connectivity index is 1.96. The molecule has 0 aliphatic carbocycles. The van der Waals surface area contributed by atoms with Crippen molar-refractivity contribution in [2.75, 3.05) is 13.1 Å². The van der Waals surface area contributed by atoms with Gasteiger partial charge in [0.15, 0.2) is 5.82 Å². The van der Waals surface area contributed by atoms with E-state index in [-0.39, 0.29) is 5.91 Å². The quantitative estimate of drug-likeness (QED) is 0.816. The molecular weight excluding hydrogens is 290 g/mol. The van der Waals surface area contributed by atoms with Gasteiger partial charge in [0.1, 0.15) is 5.70 Å². The summed E-state index contributed by atoms with van der Waals surface area (Å²) >= 11 is 0. The van der Waals surface area contributed by atoms with Gasteiger partial charge in [-0.1, -0.05) is 43.2 Å². The van der Waals surface area contributed by atoms with Gasteiger partial charge in [-0.2, -0.15) is 4.68 Å². The summed E-state index contributed by atoms with van der Waals surface area (Å²) in [4.78, 5) is 15.0. The number of carbonyl (C=O) groups is 1. The average molecular weight is 311 g/mol. The van der Waals surface area contributed by atoms with Crippen LogP contribution in [0.15, 0.2) is 30.3 Å². The van der Waals surface area contributed by atoms with Crippen molar-refractivity contribution in [3.8, 4) is 0 Å². The van der Waals surface area contributed by atoms with Crippen molar-refractivity contribution in [1.29, 1.82) is 0 Å². The minimum atomic E-state index is -0.00819. The van der Waals surface area contributed by atoms with Crippen LogP contribution in [0.3, 0.4) is 0 Å². The molecule has 1 saturated heterocycles. The summed E-state index contributed by atoms with van der Waals surface area (Å²) in [6, 6.07) is 9.79. The first kappa shape index (κ1) is 15.4. The van der Waals surface area contributed by atoms with Gasteiger partial charge >= 0.3 is 0 Å². The third kappa shape index (κ3) is 3.64. The van der Waals surface area contributed by atoms with E-state index in [1.54, 1.807) is 6.92 Å². The Labute approximate surface area is 135 Å². The zero-order chi connectivity index (χ0) is 16.1. The number of aryl methyl sites for hydroxylation is 1. The SMILES string of the molecule is Cc1nnnn1C(=Cc1ccccc1)C(=O)N1CCCCCC1. The number of hydrogen-bond acceptors (Lipinski definition) is 4. The van der Waals surface area contributed by atoms with E-state index in [4.69, 9.17) is 0 Å². The van der Waals surface area contributed by atoms with Crippen LogP contribution in [0.5, 0.6) is 0 Å². The van der Waals surface area contributed by atoms with Crippen molar-refractivity contribution in [2.24, 2.45) is 0 Å². The van der Waals surface area contributed by atoms with Gasteiger partial charge in [-0.3, -0.25) is 4.79 Å². The average Bonchev–Trinajstić information content (AvgIpc) is 2.84. The van der Waals surface area contributed by atoms with Crippen LogP contribution in [0, 0.1) is 6.92 Å². The zero-order valence-corrected chi connectivity index (χ0v) is 13.4. The van der Waals surface area contributed by atoms with Gasteiger partial charge in [0.2, 0.25) is 0 Å². The molecule has 1 aliphatic heterocycles. The number of nitrogens with zero attached hydrogens (tertiary/aromatic N) is 5. The lowest BCUT2D eigenvalue weighted by Gasteiger charge is -2.21. The molecule has 0 spiro atoms. The van der Waals surface area contributed by atoms with Gasteiger partial charge in [0.05, 0.1) is 0 Å². The molecule has 0 N–H and O–H groups in total. The van der Waals surface area contributed by atoms with E-state index in [1.807, 2.05) is 41.3 Å². The third-order valence-electron chi connectivity index (χ3n) is 4.07. The fourth-order valence-corrected chi connectivity index (χ4v) is 2.81. The molecule has 0 bridgehead atoms. The summed E-state index contributed by atoms with van der Waals surface area (Å²) in [5, 5.41) is 11.6. The summed E-state index contributed by atoms with van der Waals surface area (Å²) in [7, 11) is 0. The first-order valence-corrected chi connectivity index (χ1v) is 8.07. The van der Waals surface area contributed by atoms with Crippen molar-refractivity contribution < 1.29 is 4.79 Å². The number of benzene rings is 1. The lowest BCUT2D eigenvalue weighted by atomic mass is 10.2. The summed E-state index contributed by atoms with van der Waals surface area (Å²) in [5.74, 6) is 0.599. The van der Waals surface area contributed by atoms with Gasteiger partial charge in [-0.05, 0) is 41.8 Å². The fraction of sp³-hybridized carbons (Fsp3) is 0.412. The van der Waals surface area contributed by atoms with Crippen molar-refractivity contribution in [3.05, 3.63) is 41.7 Å². The van der Waals surface area contributed by atoms with Crippen molar-refractivity contribution in [2.45, 2.75) is 32.6 Å². The number of tetrazole rings is 1. The van der Waals surface area contributed by atoms with E-state index in [9.17, 15) is 4.79 Å². The van der Waals surface area contributed by atoms with Crippen molar-refractivity contribution in [3.63, 3.8) is 0 Å². The molecule has 23 heavy (non-hydrogen) atoms. The molecule has 2 aromatic rings. The van der Waals surface area contributed by atoms with Crippen LogP contribution in [-0.4, -0.2) is 44.1 Å². The van der Waals surface area contributed by atoms with Gasteiger partial charge < -0.3 is 4.90 Å². The Bertz CT molecular complexity index is 684. The third-order valence-corrected chi connectivity index (χ3v) is 4.07. The number of hydrogen-bond donors (Lipinski definition) is 0. The number of carbonyl (C=O) groups excluding carboxylic acids is 1. The highest BCUT2D eigenvalue weighted by molar-refractivity contribution is 6.18. The Hall–Kier alpha value is -2.50. The molecule has 0 unspecified atom stereocenters. The lowest BCUT2D eigenvalue weighted by Crippen LogP contribution is -2.34. The van der Waals surface area contributed by atoms with Crippen LogP contribution < -0.4 is 0 Å². The van der Waals surface area contributed by atoms with E-state index in [2.05, 4.69) is 15.5 Å². The second-order valence-corrected chi connectivity index (χ2v) is 5.78. The van der Waals surface area contributed by atoms with Crippen LogP contribution in [0.25, 0.3) is 11.8 Å². The fourth-order valence-electron chi connectivity index (χ4n) is 2.81. The van der Waals surface area contributed by atoms with Crippen molar-refractivity contribution in [1.82, 2.24) is 25.1 Å². The largest absolute Gasteiger partial charge is 0.337 e. The number of aromatic nitrogens is 4. The molecule has 6 nitrogen and oxygen atoms in total. The molecule has 6 heteroatoms. The minimum absolute atomic E-state index is 0.00819. The Kier molecular flexibility index (Phi) is 4.80. The highest BCUT2D eigenvalue weighted by atomic mass is 16.2. The van der Waals surface area contributed by atoms with Crippen LogP contribution in [0.4, 0.5) is 0 Å². The second kappa shape index (κ2) is 7.17. The van der Waals surface area contributed by atoms with Crippen LogP contribution in [0.2, 0.25) is 0 Å². The van der Waals surface area contributed by atoms with E-state index < -0.39 is 0 Å². The molecule has 2 heterocycles. The highest BCUT2D eigenvalue weighted by Gasteiger charge is 2.23. The zero-order valence-electron chi connectivity index (χ0n) is 13.4. The van der Waals surface area contributed by atoms with Gasteiger partial charge in [0.25, 0.3) is 5.91 Å². The van der Waals surface area contributed by atoms with Gasteiger partial charge in [-0.15, -0.1) is 5.10 Å². The summed E-state index contributed by atoms with van der Waals surface area (Å²) in [5.41, 5.74) is 1.46. The van der Waals surface area contributed by atoms with Gasteiger partial charge in [0, 0.05) is 13.1 Å². The van der Waals surface area contributed by atoms with E-state index in [1.165, 1.54) is 17.5 Å². The minimum Gasteiger partial charge on any atom is -0.337 e. The van der Waals surface area contributed by atoms with Crippen LogP contribution in [0.1, 0.15) is 37.1 Å². The normalized spacial score (nSPS) is 16.2. The molecule has 0 radical (unpaired) electrons. The lowest BCUT2D eigenvalue weighted by molar-refractivity contribution is -0.125. The molecule has 3 rings (SSSR count). The van der Waals surface area contributed by atoms with E-state index in [0.29, 0.717) is 11.5 Å². The Morgan fingerprint density at radius 1 is 1.09 bits per heavy atom. The van der Waals surface area contributed by atoms with Crippen molar-refractivity contribution >= 4 is 17.7 Å². The van der Waals surface area contributed by atoms with Crippen LogP contribution >= 0.6 is 0 Å². The molecule has 0 saturated carbocycles. The first-order valence-electron chi connectivity index (χ1n) is 8.07. The predicted octanol–water partition coefficient (Wildman–Crippen LogP) is 2.38. The van der Waals surface area contributed by atoms with Gasteiger partial charge in [-0.25, -0.2) is 0 Å². The molecule has 0 atom stereocenters. The first-order chi connectivity index (χ1) is 11.3. The molecule has 120 valence electrons. The molecule has 1 amide bonds. The maximum Gasteiger partial charge on any atom is 0.272 e. The number of likely N-dealkylation sites (tertiary alicyclic amines) is 1. The molecule has 1 aromatic heterocycles. The smallest absolute Gasteiger partial charge is 0.272 e.